The summed E-state index contributed by atoms with van der Waals surface area (Å²) in [7, 11) is 4.83. The van der Waals surface area contributed by atoms with Crippen LogP contribution in [-0.4, -0.2) is 58.3 Å². The molecule has 140 valence electrons. The summed E-state index contributed by atoms with van der Waals surface area (Å²) in [4.78, 5) is 15.6. The fourth-order valence-electron chi connectivity index (χ4n) is 3.29. The van der Waals surface area contributed by atoms with Crippen molar-refractivity contribution in [3.05, 3.63) is 41.9 Å². The van der Waals surface area contributed by atoms with Gasteiger partial charge in [0.05, 0.1) is 53.8 Å². The number of rotatable bonds is 6. The Balaban J connectivity index is 1.63. The molecule has 0 radical (unpaired) electrons. The van der Waals surface area contributed by atoms with E-state index < -0.39 is 0 Å². The largest absolute Gasteiger partial charge is 0.493 e. The molecule has 1 saturated heterocycles. The summed E-state index contributed by atoms with van der Waals surface area (Å²) in [5.74, 6) is 2.28. The van der Waals surface area contributed by atoms with E-state index in [9.17, 15) is 4.79 Å². The predicted molar refractivity (Wildman–Crippen MR) is 95.1 cm³/mol. The van der Waals surface area contributed by atoms with Gasteiger partial charge < -0.3 is 28.4 Å². The van der Waals surface area contributed by atoms with Crippen molar-refractivity contribution in [2.24, 2.45) is 0 Å². The van der Waals surface area contributed by atoms with Crippen molar-refractivity contribution in [2.75, 3.05) is 47.5 Å². The molecule has 0 unspecified atom stereocenters. The van der Waals surface area contributed by atoms with E-state index in [0.29, 0.717) is 36.1 Å². The van der Waals surface area contributed by atoms with Gasteiger partial charge in [-0.15, -0.1) is 0 Å². The Labute approximate surface area is 153 Å². The van der Waals surface area contributed by atoms with Crippen LogP contribution in [0.15, 0.2) is 34.9 Å². The van der Waals surface area contributed by atoms with Crippen molar-refractivity contribution in [3.63, 3.8) is 0 Å². The Hall–Kier alpha value is -2.67. The lowest BCUT2D eigenvalue weighted by atomic mass is 10.1. The summed E-state index contributed by atoms with van der Waals surface area (Å²) >= 11 is 0. The molecule has 7 nitrogen and oxygen atoms in total. The molecule has 0 aliphatic carbocycles. The minimum atomic E-state index is -0.0400. The molecule has 1 aromatic heterocycles. The number of methoxy groups -OCH3 is 3. The quantitative estimate of drug-likeness (QED) is 0.826. The standard InChI is InChI=1S/C19H24N2O5/c1-23-16-11-14(12-17(24-2)18(16)25-3)13-20-6-8-21(9-7-20)19(22)15-5-4-10-26-15/h4-5,10-12H,6-9,13H2,1-3H3/p+1. The van der Waals surface area contributed by atoms with E-state index in [2.05, 4.69) is 0 Å². The molecule has 0 bridgehead atoms. The van der Waals surface area contributed by atoms with Gasteiger partial charge in [-0.3, -0.25) is 4.79 Å². The Morgan fingerprint density at radius 1 is 1.12 bits per heavy atom. The second-order valence-electron chi connectivity index (χ2n) is 6.23. The van der Waals surface area contributed by atoms with Gasteiger partial charge in [-0.25, -0.2) is 0 Å². The van der Waals surface area contributed by atoms with Crippen molar-refractivity contribution < 1.29 is 28.3 Å². The summed E-state index contributed by atoms with van der Waals surface area (Å²) < 4.78 is 21.4. The van der Waals surface area contributed by atoms with Gasteiger partial charge in [-0.05, 0) is 24.3 Å². The van der Waals surface area contributed by atoms with Crippen LogP contribution in [-0.2, 0) is 6.54 Å². The fraction of sp³-hybridized carbons (Fsp3) is 0.421. The third-order valence-electron chi connectivity index (χ3n) is 4.67. The van der Waals surface area contributed by atoms with E-state index in [0.717, 1.165) is 25.2 Å². The third-order valence-corrected chi connectivity index (χ3v) is 4.67. The van der Waals surface area contributed by atoms with Crippen molar-refractivity contribution in [1.29, 1.82) is 0 Å². The number of quaternary nitrogens is 1. The highest BCUT2D eigenvalue weighted by atomic mass is 16.5. The van der Waals surface area contributed by atoms with Crippen LogP contribution >= 0.6 is 0 Å². The van der Waals surface area contributed by atoms with Crippen LogP contribution < -0.4 is 19.1 Å². The van der Waals surface area contributed by atoms with Crippen molar-refractivity contribution in [3.8, 4) is 17.2 Å². The highest BCUT2D eigenvalue weighted by Crippen LogP contribution is 2.37. The molecule has 0 spiro atoms. The number of ether oxygens (including phenoxy) is 3. The summed E-state index contributed by atoms with van der Waals surface area (Å²) in [5, 5.41) is 0. The molecule has 0 saturated carbocycles. The van der Waals surface area contributed by atoms with Gasteiger partial charge in [0.1, 0.15) is 6.54 Å². The van der Waals surface area contributed by atoms with Gasteiger partial charge >= 0.3 is 0 Å². The maximum atomic E-state index is 12.3. The number of nitrogens with zero attached hydrogens (tertiary/aromatic N) is 1. The Morgan fingerprint density at radius 3 is 2.27 bits per heavy atom. The molecule has 1 aliphatic heterocycles. The zero-order valence-electron chi connectivity index (χ0n) is 15.4. The third kappa shape index (κ3) is 3.77. The molecule has 2 heterocycles. The monoisotopic (exact) mass is 361 g/mol. The molecule has 1 aliphatic rings. The number of nitrogens with one attached hydrogen (secondary N) is 1. The Morgan fingerprint density at radius 2 is 1.77 bits per heavy atom. The number of benzene rings is 1. The molecular weight excluding hydrogens is 336 g/mol. The minimum absolute atomic E-state index is 0.0400. The molecule has 0 atom stereocenters. The predicted octanol–water partition coefficient (Wildman–Crippen LogP) is 0.846. The summed E-state index contributed by atoms with van der Waals surface area (Å²) in [6.07, 6.45) is 1.53. The fourth-order valence-corrected chi connectivity index (χ4v) is 3.29. The van der Waals surface area contributed by atoms with Gasteiger partial charge in [0, 0.05) is 5.56 Å². The average molecular weight is 361 g/mol. The Kier molecular flexibility index (Phi) is 5.68. The van der Waals surface area contributed by atoms with E-state index in [-0.39, 0.29) is 5.91 Å². The number of carbonyl (C=O) groups is 1. The zero-order valence-corrected chi connectivity index (χ0v) is 15.4. The molecular formula is C19H25N2O5+. The second-order valence-corrected chi connectivity index (χ2v) is 6.23. The molecule has 3 rings (SSSR count). The lowest BCUT2D eigenvalue weighted by molar-refractivity contribution is -0.917. The topological polar surface area (TPSA) is 65.6 Å². The average Bonchev–Trinajstić information content (AvgIpc) is 3.22. The molecule has 26 heavy (non-hydrogen) atoms. The first kappa shape index (κ1) is 18.1. The van der Waals surface area contributed by atoms with Gasteiger partial charge in [-0.2, -0.15) is 0 Å². The van der Waals surface area contributed by atoms with Crippen LogP contribution in [0.4, 0.5) is 0 Å². The minimum Gasteiger partial charge on any atom is -0.493 e. The van der Waals surface area contributed by atoms with Gasteiger partial charge in [0.25, 0.3) is 5.91 Å². The summed E-state index contributed by atoms with van der Waals surface area (Å²) in [6, 6.07) is 7.40. The first-order valence-electron chi connectivity index (χ1n) is 8.61. The summed E-state index contributed by atoms with van der Waals surface area (Å²) in [6.45, 7) is 4.00. The molecule has 1 fully saturated rings. The van der Waals surface area contributed by atoms with Gasteiger partial charge in [0.2, 0.25) is 5.75 Å². The van der Waals surface area contributed by atoms with Gasteiger partial charge in [0.15, 0.2) is 17.3 Å². The van der Waals surface area contributed by atoms with Crippen molar-refractivity contribution >= 4 is 5.91 Å². The normalized spacial score (nSPS) is 15.0. The SMILES string of the molecule is COc1cc(C[NH+]2CCN(C(=O)c3ccco3)CC2)cc(OC)c1OC. The van der Waals surface area contributed by atoms with Crippen LogP contribution in [0.3, 0.4) is 0 Å². The molecule has 1 N–H and O–H groups in total. The molecule has 1 aromatic carbocycles. The number of carbonyl (C=O) groups excluding carboxylic acids is 1. The number of piperazine rings is 1. The lowest BCUT2D eigenvalue weighted by Crippen LogP contribution is -3.13. The number of hydrogen-bond donors (Lipinski definition) is 1. The smallest absolute Gasteiger partial charge is 0.289 e. The molecule has 2 aromatic rings. The summed E-state index contributed by atoms with van der Waals surface area (Å²) in [5.41, 5.74) is 1.11. The van der Waals surface area contributed by atoms with E-state index in [4.69, 9.17) is 18.6 Å². The molecule has 1 amide bonds. The Bertz CT molecular complexity index is 711. The van der Waals surface area contributed by atoms with Crippen LogP contribution in [0.1, 0.15) is 16.1 Å². The van der Waals surface area contributed by atoms with E-state index in [1.807, 2.05) is 17.0 Å². The maximum absolute atomic E-state index is 12.3. The van der Waals surface area contributed by atoms with Crippen LogP contribution in [0, 0.1) is 0 Å². The maximum Gasteiger partial charge on any atom is 0.289 e. The molecule has 7 heteroatoms. The van der Waals surface area contributed by atoms with Gasteiger partial charge in [-0.1, -0.05) is 0 Å². The van der Waals surface area contributed by atoms with Crippen LogP contribution in [0.2, 0.25) is 0 Å². The highest BCUT2D eigenvalue weighted by Gasteiger charge is 2.26. The van der Waals surface area contributed by atoms with Crippen molar-refractivity contribution in [2.45, 2.75) is 6.54 Å². The second kappa shape index (κ2) is 8.14. The first-order chi connectivity index (χ1) is 12.7. The first-order valence-corrected chi connectivity index (χ1v) is 8.61. The number of furan rings is 1. The van der Waals surface area contributed by atoms with Crippen LogP contribution in [0.5, 0.6) is 17.2 Å². The number of amides is 1. The zero-order chi connectivity index (χ0) is 18.5. The van der Waals surface area contributed by atoms with Crippen molar-refractivity contribution in [1.82, 2.24) is 4.90 Å². The number of hydrogen-bond acceptors (Lipinski definition) is 5. The highest BCUT2D eigenvalue weighted by molar-refractivity contribution is 5.91. The van der Waals surface area contributed by atoms with E-state index in [1.54, 1.807) is 33.5 Å². The van der Waals surface area contributed by atoms with Crippen LogP contribution in [0.25, 0.3) is 0 Å². The lowest BCUT2D eigenvalue weighted by Gasteiger charge is -2.32. The van der Waals surface area contributed by atoms with E-state index in [1.165, 1.54) is 11.2 Å². The van der Waals surface area contributed by atoms with E-state index >= 15 is 0 Å².